The molecule has 2 aromatic heterocycles. The number of hydrogen-bond acceptors (Lipinski definition) is 4. The first-order valence-electron chi connectivity index (χ1n) is 8.46. The van der Waals surface area contributed by atoms with Crippen LogP contribution in [0.2, 0.25) is 5.02 Å². The van der Waals surface area contributed by atoms with Gasteiger partial charge in [0.15, 0.2) is 0 Å². The SMILES string of the molecule is Cc1nc2nc(C(F)(F)F)nn2c(C)c1CCC(=O)NCc1cccc(Cl)c1. The van der Waals surface area contributed by atoms with Gasteiger partial charge in [-0.1, -0.05) is 23.7 Å². The second kappa shape index (κ2) is 7.75. The Morgan fingerprint density at radius 2 is 2.00 bits per heavy atom. The van der Waals surface area contributed by atoms with E-state index in [1.54, 1.807) is 32.0 Å². The van der Waals surface area contributed by atoms with E-state index in [9.17, 15) is 18.0 Å². The van der Waals surface area contributed by atoms with Gasteiger partial charge in [-0.05, 0) is 43.5 Å². The Balaban J connectivity index is 1.70. The number of halogens is 4. The highest BCUT2D eigenvalue weighted by Crippen LogP contribution is 2.27. The molecule has 0 aliphatic heterocycles. The molecule has 0 bridgehead atoms. The number of hydrogen-bond donors (Lipinski definition) is 1. The number of carbonyl (C=O) groups is 1. The monoisotopic (exact) mass is 411 g/mol. The van der Waals surface area contributed by atoms with Crippen molar-refractivity contribution in [2.24, 2.45) is 0 Å². The summed E-state index contributed by atoms with van der Waals surface area (Å²) in [5.41, 5.74) is 2.55. The Hall–Kier alpha value is -2.68. The van der Waals surface area contributed by atoms with Crippen LogP contribution in [0.5, 0.6) is 0 Å². The summed E-state index contributed by atoms with van der Waals surface area (Å²) < 4.78 is 39.6. The third kappa shape index (κ3) is 4.41. The van der Waals surface area contributed by atoms with Gasteiger partial charge in [0.25, 0.3) is 11.6 Å². The number of alkyl halides is 3. The van der Waals surface area contributed by atoms with Crippen LogP contribution in [-0.4, -0.2) is 25.5 Å². The van der Waals surface area contributed by atoms with Gasteiger partial charge in [-0.25, -0.2) is 9.50 Å². The first kappa shape index (κ1) is 20.1. The summed E-state index contributed by atoms with van der Waals surface area (Å²) >= 11 is 5.91. The van der Waals surface area contributed by atoms with Crippen LogP contribution in [0.4, 0.5) is 13.2 Å². The van der Waals surface area contributed by atoms with Gasteiger partial charge in [0.1, 0.15) is 0 Å². The Bertz CT molecular complexity index is 1030. The number of amides is 1. The van der Waals surface area contributed by atoms with E-state index in [0.29, 0.717) is 34.9 Å². The molecule has 0 saturated heterocycles. The Kier molecular flexibility index (Phi) is 5.55. The maximum Gasteiger partial charge on any atom is 0.453 e. The zero-order valence-electron chi connectivity index (χ0n) is 15.1. The first-order valence-corrected chi connectivity index (χ1v) is 8.84. The summed E-state index contributed by atoms with van der Waals surface area (Å²) in [6.45, 7) is 3.65. The molecule has 6 nitrogen and oxygen atoms in total. The molecule has 28 heavy (non-hydrogen) atoms. The van der Waals surface area contributed by atoms with E-state index in [2.05, 4.69) is 20.4 Å². The summed E-state index contributed by atoms with van der Waals surface area (Å²) in [6, 6.07) is 7.15. The van der Waals surface area contributed by atoms with Crippen LogP contribution < -0.4 is 5.32 Å². The number of fused-ring (bicyclic) bond motifs is 1. The maximum absolute atomic E-state index is 12.8. The predicted molar refractivity (Wildman–Crippen MR) is 96.9 cm³/mol. The van der Waals surface area contributed by atoms with E-state index in [1.807, 2.05) is 6.07 Å². The Morgan fingerprint density at radius 1 is 1.25 bits per heavy atom. The van der Waals surface area contributed by atoms with Crippen LogP contribution in [0, 0.1) is 13.8 Å². The van der Waals surface area contributed by atoms with Gasteiger partial charge < -0.3 is 5.32 Å². The second-order valence-corrected chi connectivity index (χ2v) is 6.75. The molecule has 148 valence electrons. The lowest BCUT2D eigenvalue weighted by atomic mass is 10.1. The number of nitrogens with one attached hydrogen (secondary N) is 1. The third-order valence-corrected chi connectivity index (χ3v) is 4.52. The second-order valence-electron chi connectivity index (χ2n) is 6.31. The van der Waals surface area contributed by atoms with Crippen molar-refractivity contribution in [3.8, 4) is 0 Å². The van der Waals surface area contributed by atoms with Gasteiger partial charge in [-0.3, -0.25) is 4.79 Å². The minimum atomic E-state index is -4.64. The van der Waals surface area contributed by atoms with Crippen LogP contribution in [0.25, 0.3) is 5.78 Å². The molecular weight excluding hydrogens is 395 g/mol. The van der Waals surface area contributed by atoms with Crippen molar-refractivity contribution in [3.05, 3.63) is 57.6 Å². The molecule has 1 N–H and O–H groups in total. The van der Waals surface area contributed by atoms with Gasteiger partial charge in [-0.2, -0.15) is 18.2 Å². The van der Waals surface area contributed by atoms with Crippen molar-refractivity contribution >= 4 is 23.3 Å². The molecule has 1 amide bonds. The smallest absolute Gasteiger partial charge is 0.352 e. The summed E-state index contributed by atoms with van der Waals surface area (Å²) in [6.07, 6.45) is -4.16. The number of aryl methyl sites for hydroxylation is 2. The lowest BCUT2D eigenvalue weighted by molar-refractivity contribution is -0.144. The minimum absolute atomic E-state index is 0.114. The van der Waals surface area contributed by atoms with Crippen molar-refractivity contribution < 1.29 is 18.0 Å². The van der Waals surface area contributed by atoms with Crippen molar-refractivity contribution in [2.75, 3.05) is 0 Å². The molecule has 0 saturated carbocycles. The molecule has 0 unspecified atom stereocenters. The number of benzene rings is 1. The van der Waals surface area contributed by atoms with E-state index in [4.69, 9.17) is 11.6 Å². The van der Waals surface area contributed by atoms with Crippen molar-refractivity contribution in [3.63, 3.8) is 0 Å². The number of carbonyl (C=O) groups excluding carboxylic acids is 1. The van der Waals surface area contributed by atoms with E-state index >= 15 is 0 Å². The molecule has 0 fully saturated rings. The maximum atomic E-state index is 12.8. The quantitative estimate of drug-likeness (QED) is 0.695. The van der Waals surface area contributed by atoms with Crippen LogP contribution >= 0.6 is 11.6 Å². The average Bonchev–Trinajstić information content (AvgIpc) is 3.04. The van der Waals surface area contributed by atoms with Gasteiger partial charge in [-0.15, -0.1) is 5.10 Å². The number of rotatable bonds is 5. The van der Waals surface area contributed by atoms with E-state index < -0.39 is 12.0 Å². The Labute approximate surface area is 163 Å². The minimum Gasteiger partial charge on any atom is -0.352 e. The van der Waals surface area contributed by atoms with Crippen molar-refractivity contribution in [1.29, 1.82) is 0 Å². The predicted octanol–water partition coefficient (Wildman–Crippen LogP) is 3.66. The zero-order chi connectivity index (χ0) is 20.5. The summed E-state index contributed by atoms with van der Waals surface area (Å²) in [4.78, 5) is 19.7. The topological polar surface area (TPSA) is 72.2 Å². The van der Waals surface area contributed by atoms with E-state index in [0.717, 1.165) is 10.1 Å². The van der Waals surface area contributed by atoms with Crippen LogP contribution in [0.15, 0.2) is 24.3 Å². The summed E-state index contributed by atoms with van der Waals surface area (Å²) in [5, 5.41) is 6.88. The van der Waals surface area contributed by atoms with Crippen LogP contribution in [-0.2, 0) is 23.9 Å². The molecule has 0 atom stereocenters. The molecule has 0 aliphatic carbocycles. The number of nitrogens with zero attached hydrogens (tertiary/aromatic N) is 4. The van der Waals surface area contributed by atoms with Gasteiger partial charge in [0, 0.05) is 29.4 Å². The van der Waals surface area contributed by atoms with Gasteiger partial charge >= 0.3 is 6.18 Å². The van der Waals surface area contributed by atoms with E-state index in [1.165, 1.54) is 0 Å². The molecule has 0 aliphatic rings. The van der Waals surface area contributed by atoms with Gasteiger partial charge in [0.05, 0.1) is 0 Å². The van der Waals surface area contributed by atoms with Crippen LogP contribution in [0.1, 0.15) is 34.8 Å². The fraction of sp³-hybridized carbons (Fsp3) is 0.333. The molecule has 1 aromatic carbocycles. The highest BCUT2D eigenvalue weighted by atomic mass is 35.5. The molecule has 0 spiro atoms. The number of aromatic nitrogens is 4. The Morgan fingerprint density at radius 3 is 2.68 bits per heavy atom. The highest BCUT2D eigenvalue weighted by molar-refractivity contribution is 6.30. The largest absolute Gasteiger partial charge is 0.453 e. The fourth-order valence-corrected chi connectivity index (χ4v) is 3.08. The molecule has 2 heterocycles. The first-order chi connectivity index (χ1) is 13.1. The highest BCUT2D eigenvalue weighted by Gasteiger charge is 2.36. The molecule has 10 heteroatoms. The normalized spacial score (nSPS) is 11.8. The fourth-order valence-electron chi connectivity index (χ4n) is 2.86. The molecule has 3 aromatic rings. The molecular formula is C18H17ClF3N5O. The lowest BCUT2D eigenvalue weighted by Gasteiger charge is -2.10. The summed E-state index contributed by atoms with van der Waals surface area (Å²) in [7, 11) is 0. The van der Waals surface area contributed by atoms with Gasteiger partial charge in [0.2, 0.25) is 5.91 Å². The average molecular weight is 412 g/mol. The van der Waals surface area contributed by atoms with Crippen LogP contribution in [0.3, 0.4) is 0 Å². The standard InChI is InChI=1S/C18H17ClF3N5O/c1-10-14(6-7-15(28)23-9-12-4-3-5-13(19)8-12)11(2)27-17(24-10)25-16(26-27)18(20,21)22/h3-5,8H,6-7,9H2,1-2H3,(H,23,28). The van der Waals surface area contributed by atoms with Crippen molar-refractivity contribution in [2.45, 2.75) is 39.4 Å². The van der Waals surface area contributed by atoms with E-state index in [-0.39, 0.29) is 18.1 Å². The molecule has 3 rings (SSSR count). The third-order valence-electron chi connectivity index (χ3n) is 4.28. The lowest BCUT2D eigenvalue weighted by Crippen LogP contribution is -2.23. The zero-order valence-corrected chi connectivity index (χ0v) is 15.9. The summed E-state index contributed by atoms with van der Waals surface area (Å²) in [5.74, 6) is -1.54. The van der Waals surface area contributed by atoms with Crippen molar-refractivity contribution in [1.82, 2.24) is 24.9 Å². The molecule has 0 radical (unpaired) electrons.